The van der Waals surface area contributed by atoms with Gasteiger partial charge >= 0.3 is 0 Å². The van der Waals surface area contributed by atoms with Crippen molar-refractivity contribution in [2.75, 3.05) is 0 Å². The van der Waals surface area contributed by atoms with E-state index in [2.05, 4.69) is 22.3 Å². The van der Waals surface area contributed by atoms with Crippen molar-refractivity contribution < 1.29 is 0 Å². The fourth-order valence-corrected chi connectivity index (χ4v) is 1.92. The van der Waals surface area contributed by atoms with Crippen molar-refractivity contribution in [1.82, 2.24) is 20.2 Å². The molecule has 0 atom stereocenters. The van der Waals surface area contributed by atoms with Gasteiger partial charge in [0.2, 0.25) is 5.82 Å². The van der Waals surface area contributed by atoms with Gasteiger partial charge in [0.25, 0.3) is 0 Å². The highest BCUT2D eigenvalue weighted by atomic mass is 32.1. The minimum Gasteiger partial charge on any atom is -0.167 e. The van der Waals surface area contributed by atoms with Gasteiger partial charge in [-0.05, 0) is 30.3 Å². The van der Waals surface area contributed by atoms with Gasteiger partial charge in [-0.3, -0.25) is 0 Å². The van der Waals surface area contributed by atoms with E-state index in [0.717, 1.165) is 9.75 Å². The zero-order valence-corrected chi connectivity index (χ0v) is 8.53. The summed E-state index contributed by atoms with van der Waals surface area (Å²) in [5, 5.41) is 11.8. The van der Waals surface area contributed by atoms with E-state index in [1.54, 1.807) is 24.5 Å². The first-order valence-corrected chi connectivity index (χ1v) is 4.91. The molecule has 0 aliphatic carbocycles. The standard InChI is InChI=1S/C9H9N4S/c1-3-4-7-5-6-8(14-7)9-10-12-13(2)11-9/h3-6H,1H2,2H3. The van der Waals surface area contributed by atoms with Crippen molar-refractivity contribution >= 4 is 17.4 Å². The second-order valence-corrected chi connectivity index (χ2v) is 3.82. The van der Waals surface area contributed by atoms with E-state index in [-0.39, 0.29) is 0 Å². The molecule has 2 aromatic rings. The molecule has 0 aromatic carbocycles. The molecule has 0 bridgehead atoms. The molecule has 0 saturated carbocycles. The number of nitrogens with zero attached hydrogens (tertiary/aromatic N) is 4. The van der Waals surface area contributed by atoms with Crippen molar-refractivity contribution in [3.05, 3.63) is 30.0 Å². The van der Waals surface area contributed by atoms with Gasteiger partial charge < -0.3 is 0 Å². The molecule has 4 nitrogen and oxygen atoms in total. The number of aryl methyl sites for hydroxylation is 1. The van der Waals surface area contributed by atoms with Crippen LogP contribution in [0.25, 0.3) is 16.8 Å². The number of tetrazole rings is 1. The number of rotatable bonds is 2. The predicted molar refractivity (Wildman–Crippen MR) is 56.5 cm³/mol. The van der Waals surface area contributed by atoms with Crippen LogP contribution in [0.15, 0.2) is 18.2 Å². The number of aromatic nitrogens is 4. The van der Waals surface area contributed by atoms with Crippen LogP contribution < -0.4 is 0 Å². The molecule has 0 fully saturated rings. The van der Waals surface area contributed by atoms with Crippen molar-refractivity contribution in [2.24, 2.45) is 7.05 Å². The third kappa shape index (κ3) is 1.72. The van der Waals surface area contributed by atoms with Crippen LogP contribution in [0.5, 0.6) is 0 Å². The summed E-state index contributed by atoms with van der Waals surface area (Å²) in [6.45, 7) is 3.65. The molecule has 0 amide bonds. The zero-order chi connectivity index (χ0) is 9.97. The Hall–Kier alpha value is -1.49. The summed E-state index contributed by atoms with van der Waals surface area (Å²) in [4.78, 5) is 3.61. The highest BCUT2D eigenvalue weighted by Gasteiger charge is 2.06. The van der Waals surface area contributed by atoms with Gasteiger partial charge in [0, 0.05) is 4.88 Å². The van der Waals surface area contributed by atoms with E-state index < -0.39 is 0 Å². The highest BCUT2D eigenvalue weighted by molar-refractivity contribution is 7.16. The lowest BCUT2D eigenvalue weighted by atomic mass is 10.4. The number of hydrogen-bond acceptors (Lipinski definition) is 4. The SMILES string of the molecule is [CH2]C=Cc1ccc(-c2nnn(C)n2)s1. The number of allylic oxidation sites excluding steroid dienone is 1. The van der Waals surface area contributed by atoms with Crippen molar-refractivity contribution in [1.29, 1.82) is 0 Å². The fraction of sp³-hybridized carbons (Fsp3) is 0.111. The molecule has 2 aromatic heterocycles. The molecule has 0 N–H and O–H groups in total. The lowest BCUT2D eigenvalue weighted by Crippen LogP contribution is -1.91. The summed E-state index contributed by atoms with van der Waals surface area (Å²) >= 11 is 1.62. The first-order chi connectivity index (χ1) is 6.79. The van der Waals surface area contributed by atoms with Crippen LogP contribution in [0, 0.1) is 6.92 Å². The van der Waals surface area contributed by atoms with Gasteiger partial charge in [0.15, 0.2) is 0 Å². The highest BCUT2D eigenvalue weighted by Crippen LogP contribution is 2.25. The Morgan fingerprint density at radius 1 is 1.50 bits per heavy atom. The number of thiophene rings is 1. The molecule has 5 heteroatoms. The second kappa shape index (κ2) is 3.71. The largest absolute Gasteiger partial charge is 0.214 e. The van der Waals surface area contributed by atoms with Crippen molar-refractivity contribution in [3.63, 3.8) is 0 Å². The molecule has 0 saturated heterocycles. The molecule has 0 unspecified atom stereocenters. The maximum absolute atomic E-state index is 4.12. The first kappa shape index (κ1) is 9.08. The van der Waals surface area contributed by atoms with Crippen LogP contribution in [0.2, 0.25) is 0 Å². The monoisotopic (exact) mass is 205 g/mol. The van der Waals surface area contributed by atoms with E-state index in [1.807, 2.05) is 18.2 Å². The summed E-state index contributed by atoms with van der Waals surface area (Å²) in [7, 11) is 1.75. The lowest BCUT2D eigenvalue weighted by Gasteiger charge is -1.84. The summed E-state index contributed by atoms with van der Waals surface area (Å²) in [6, 6.07) is 4.00. The second-order valence-electron chi connectivity index (χ2n) is 2.71. The Bertz CT molecular complexity index is 455. The van der Waals surface area contributed by atoms with Crippen LogP contribution >= 0.6 is 11.3 Å². The Labute approximate surface area is 85.9 Å². The van der Waals surface area contributed by atoms with Crippen LogP contribution in [0.1, 0.15) is 4.88 Å². The molecule has 71 valence electrons. The normalized spacial score (nSPS) is 11.3. The van der Waals surface area contributed by atoms with E-state index in [9.17, 15) is 0 Å². The molecular weight excluding hydrogens is 196 g/mol. The lowest BCUT2D eigenvalue weighted by molar-refractivity contribution is 0.630. The maximum atomic E-state index is 4.12. The van der Waals surface area contributed by atoms with Crippen molar-refractivity contribution in [3.8, 4) is 10.7 Å². The molecule has 14 heavy (non-hydrogen) atoms. The van der Waals surface area contributed by atoms with Crippen LogP contribution in [0.4, 0.5) is 0 Å². The van der Waals surface area contributed by atoms with Gasteiger partial charge in [0.1, 0.15) is 0 Å². The third-order valence-corrected chi connectivity index (χ3v) is 2.68. The topological polar surface area (TPSA) is 43.6 Å². The van der Waals surface area contributed by atoms with E-state index in [0.29, 0.717) is 5.82 Å². The predicted octanol–water partition coefficient (Wildman–Crippen LogP) is 1.79. The third-order valence-electron chi connectivity index (χ3n) is 1.64. The average molecular weight is 205 g/mol. The molecule has 0 aliphatic heterocycles. The summed E-state index contributed by atoms with van der Waals surface area (Å²) < 4.78 is 0. The van der Waals surface area contributed by atoms with Crippen LogP contribution in [-0.2, 0) is 7.05 Å². The van der Waals surface area contributed by atoms with Crippen molar-refractivity contribution in [2.45, 2.75) is 0 Å². The minimum absolute atomic E-state index is 0.668. The van der Waals surface area contributed by atoms with Crippen LogP contribution in [0.3, 0.4) is 0 Å². The van der Waals surface area contributed by atoms with Gasteiger partial charge in [0.05, 0.1) is 11.9 Å². The van der Waals surface area contributed by atoms with Gasteiger partial charge in [-0.25, -0.2) is 0 Å². The van der Waals surface area contributed by atoms with E-state index in [4.69, 9.17) is 0 Å². The minimum atomic E-state index is 0.668. The first-order valence-electron chi connectivity index (χ1n) is 4.09. The Morgan fingerprint density at radius 3 is 3.00 bits per heavy atom. The quantitative estimate of drug-likeness (QED) is 0.750. The van der Waals surface area contributed by atoms with E-state index >= 15 is 0 Å². The molecule has 2 rings (SSSR count). The molecule has 1 radical (unpaired) electrons. The smallest absolute Gasteiger partial charge is 0.167 e. The molecule has 2 heterocycles. The Balaban J connectivity index is 2.33. The molecule has 0 spiro atoms. The summed E-state index contributed by atoms with van der Waals surface area (Å²) in [6.07, 6.45) is 3.71. The maximum Gasteiger partial charge on any atom is 0.214 e. The molecule has 0 aliphatic rings. The van der Waals surface area contributed by atoms with Gasteiger partial charge in [-0.1, -0.05) is 6.08 Å². The zero-order valence-electron chi connectivity index (χ0n) is 7.71. The van der Waals surface area contributed by atoms with Gasteiger partial charge in [-0.15, -0.1) is 21.5 Å². The summed E-state index contributed by atoms with van der Waals surface area (Å²) in [5.74, 6) is 0.668. The summed E-state index contributed by atoms with van der Waals surface area (Å²) in [5.41, 5.74) is 0. The fourth-order valence-electron chi connectivity index (χ4n) is 1.06. The Morgan fingerprint density at radius 2 is 2.36 bits per heavy atom. The molecular formula is C9H9N4S. The number of hydrogen-bond donors (Lipinski definition) is 0. The van der Waals surface area contributed by atoms with Crippen LogP contribution in [-0.4, -0.2) is 20.2 Å². The van der Waals surface area contributed by atoms with E-state index in [1.165, 1.54) is 4.80 Å². The van der Waals surface area contributed by atoms with Gasteiger partial charge in [-0.2, -0.15) is 4.80 Å². The Kier molecular flexibility index (Phi) is 2.41. The average Bonchev–Trinajstić information content (AvgIpc) is 2.74.